The van der Waals surface area contributed by atoms with E-state index in [1.807, 2.05) is 12.1 Å². The summed E-state index contributed by atoms with van der Waals surface area (Å²) in [4.78, 5) is 0.981. The van der Waals surface area contributed by atoms with Crippen LogP contribution >= 0.6 is 12.6 Å². The first-order chi connectivity index (χ1) is 10.9. The summed E-state index contributed by atoms with van der Waals surface area (Å²) < 4.78 is 5.87. The lowest BCUT2D eigenvalue weighted by atomic mass is 9.75. The number of ether oxygens (including phenoxy) is 1. The lowest BCUT2D eigenvalue weighted by Crippen LogP contribution is -2.17. The normalized spacial score (nSPS) is 13.1. The van der Waals surface area contributed by atoms with Crippen molar-refractivity contribution < 1.29 is 4.74 Å². The smallest absolute Gasteiger partial charge is 0.0721 e. The molecule has 124 valence electrons. The van der Waals surface area contributed by atoms with Crippen molar-refractivity contribution in [2.45, 2.75) is 58.1 Å². The van der Waals surface area contributed by atoms with Gasteiger partial charge in [0, 0.05) is 4.90 Å². The van der Waals surface area contributed by atoms with E-state index in [2.05, 4.69) is 76.7 Å². The third kappa shape index (κ3) is 5.40. The number of hydrogen-bond acceptors (Lipinski definition) is 2. The summed E-state index contributed by atoms with van der Waals surface area (Å²) in [6.45, 7) is 10.5. The summed E-state index contributed by atoms with van der Waals surface area (Å²) >= 11 is 4.30. The van der Waals surface area contributed by atoms with Crippen LogP contribution in [0, 0.1) is 5.41 Å². The van der Waals surface area contributed by atoms with Gasteiger partial charge >= 0.3 is 0 Å². The van der Waals surface area contributed by atoms with E-state index in [0.717, 1.165) is 11.3 Å². The van der Waals surface area contributed by atoms with Crippen molar-refractivity contribution in [3.05, 3.63) is 65.2 Å². The van der Waals surface area contributed by atoms with Gasteiger partial charge in [-0.2, -0.15) is 0 Å². The molecular weight excluding hydrogens is 300 g/mol. The van der Waals surface area contributed by atoms with Crippen molar-refractivity contribution in [1.29, 1.82) is 0 Å². The maximum Gasteiger partial charge on any atom is 0.0721 e. The van der Waals surface area contributed by atoms with E-state index >= 15 is 0 Å². The Kier molecular flexibility index (Phi) is 6.32. The van der Waals surface area contributed by atoms with Crippen LogP contribution in [0.25, 0.3) is 0 Å². The number of benzene rings is 2. The predicted octanol–water partition coefficient (Wildman–Crippen LogP) is 6.23. The zero-order valence-electron chi connectivity index (χ0n) is 14.7. The van der Waals surface area contributed by atoms with Gasteiger partial charge in [0.1, 0.15) is 0 Å². The highest BCUT2D eigenvalue weighted by molar-refractivity contribution is 7.80. The van der Waals surface area contributed by atoms with Crippen molar-refractivity contribution in [3.8, 4) is 0 Å². The van der Waals surface area contributed by atoms with Gasteiger partial charge in [0.2, 0.25) is 0 Å². The van der Waals surface area contributed by atoms with Crippen LogP contribution in [-0.4, -0.2) is 0 Å². The molecule has 1 atom stereocenters. The minimum atomic E-state index is 0.281. The van der Waals surface area contributed by atoms with Gasteiger partial charge in [0.05, 0.1) is 13.2 Å². The molecule has 2 heteroatoms. The highest BCUT2D eigenvalue weighted by atomic mass is 32.1. The average Bonchev–Trinajstić information content (AvgIpc) is 2.49. The molecule has 0 aliphatic rings. The van der Waals surface area contributed by atoms with Crippen molar-refractivity contribution in [1.82, 2.24) is 0 Å². The van der Waals surface area contributed by atoms with Crippen molar-refractivity contribution in [3.63, 3.8) is 0 Å². The van der Waals surface area contributed by atoms with Crippen molar-refractivity contribution in [2.75, 3.05) is 0 Å². The molecule has 0 saturated heterocycles. The highest BCUT2D eigenvalue weighted by Crippen LogP contribution is 2.37. The van der Waals surface area contributed by atoms with Gasteiger partial charge in [-0.1, -0.05) is 64.1 Å². The first kappa shape index (κ1) is 18.1. The van der Waals surface area contributed by atoms with E-state index in [9.17, 15) is 0 Å². The van der Waals surface area contributed by atoms with Crippen LogP contribution in [0.4, 0.5) is 0 Å². The molecule has 1 unspecified atom stereocenters. The lowest BCUT2D eigenvalue weighted by molar-refractivity contribution is 0.107. The zero-order valence-corrected chi connectivity index (χ0v) is 15.6. The summed E-state index contributed by atoms with van der Waals surface area (Å²) in [5.74, 6) is 0.574. The fourth-order valence-corrected chi connectivity index (χ4v) is 3.28. The molecule has 0 aromatic heterocycles. The van der Waals surface area contributed by atoms with Crippen LogP contribution < -0.4 is 0 Å². The number of thiol groups is 1. The van der Waals surface area contributed by atoms with E-state index in [1.54, 1.807) is 0 Å². The molecule has 2 aromatic carbocycles. The maximum atomic E-state index is 5.87. The van der Waals surface area contributed by atoms with Crippen LogP contribution in [0.5, 0.6) is 0 Å². The topological polar surface area (TPSA) is 9.23 Å². The molecule has 0 radical (unpaired) electrons. The minimum Gasteiger partial charge on any atom is -0.372 e. The lowest BCUT2D eigenvalue weighted by Gasteiger charge is -2.30. The second kappa shape index (κ2) is 8.03. The second-order valence-corrected chi connectivity index (χ2v) is 7.75. The van der Waals surface area contributed by atoms with E-state index < -0.39 is 0 Å². The fourth-order valence-electron chi connectivity index (χ4n) is 3.13. The largest absolute Gasteiger partial charge is 0.372 e. The molecule has 0 saturated carbocycles. The second-order valence-electron chi connectivity index (χ2n) is 7.23. The van der Waals surface area contributed by atoms with Gasteiger partial charge < -0.3 is 4.74 Å². The Morgan fingerprint density at radius 2 is 1.61 bits per heavy atom. The summed E-state index contributed by atoms with van der Waals surface area (Å²) in [7, 11) is 0. The van der Waals surface area contributed by atoms with E-state index in [4.69, 9.17) is 4.74 Å². The molecule has 0 amide bonds. The summed E-state index contributed by atoms with van der Waals surface area (Å²) in [5.41, 5.74) is 4.12. The molecule has 0 aliphatic heterocycles. The highest BCUT2D eigenvalue weighted by Gasteiger charge is 2.24. The Morgan fingerprint density at radius 1 is 0.957 bits per heavy atom. The molecule has 2 aromatic rings. The summed E-state index contributed by atoms with van der Waals surface area (Å²) in [6, 6.07) is 17.0. The van der Waals surface area contributed by atoms with Gasteiger partial charge in [-0.05, 0) is 46.6 Å². The Hall–Kier alpha value is -1.25. The first-order valence-corrected chi connectivity index (χ1v) is 8.79. The van der Waals surface area contributed by atoms with E-state index in [1.165, 1.54) is 16.7 Å². The maximum absolute atomic E-state index is 5.87. The number of rotatable bonds is 6. The Balaban J connectivity index is 1.98. The van der Waals surface area contributed by atoms with Gasteiger partial charge in [-0.15, -0.1) is 12.6 Å². The molecular formula is C21H28OS. The van der Waals surface area contributed by atoms with Crippen LogP contribution in [0.2, 0.25) is 0 Å². The fraction of sp³-hybridized carbons (Fsp3) is 0.429. The standard InChI is InChI=1S/C21H28OS/c1-5-20(21(2,3)4)18-8-6-7-17(13-18)15-22-14-16-9-11-19(23)12-10-16/h6-13,20,23H,5,14-15H2,1-4H3. The van der Waals surface area contributed by atoms with E-state index in [-0.39, 0.29) is 5.41 Å². The van der Waals surface area contributed by atoms with Crippen LogP contribution in [-0.2, 0) is 18.0 Å². The molecule has 0 fully saturated rings. The zero-order chi connectivity index (χ0) is 16.9. The van der Waals surface area contributed by atoms with Crippen LogP contribution in [0.1, 0.15) is 56.7 Å². The molecule has 0 N–H and O–H groups in total. The van der Waals surface area contributed by atoms with Gasteiger partial charge in [0.25, 0.3) is 0 Å². The van der Waals surface area contributed by atoms with E-state index in [0.29, 0.717) is 19.1 Å². The van der Waals surface area contributed by atoms with Gasteiger partial charge in [-0.25, -0.2) is 0 Å². The summed E-state index contributed by atoms with van der Waals surface area (Å²) in [5, 5.41) is 0. The number of hydrogen-bond donors (Lipinski definition) is 1. The van der Waals surface area contributed by atoms with Gasteiger partial charge in [0.15, 0.2) is 0 Å². The van der Waals surface area contributed by atoms with Crippen LogP contribution in [0.15, 0.2) is 53.4 Å². The Labute approximate surface area is 146 Å². The molecule has 0 heterocycles. The first-order valence-electron chi connectivity index (χ1n) is 8.34. The monoisotopic (exact) mass is 328 g/mol. The Morgan fingerprint density at radius 3 is 2.22 bits per heavy atom. The quantitative estimate of drug-likeness (QED) is 0.618. The third-order valence-electron chi connectivity index (χ3n) is 4.28. The van der Waals surface area contributed by atoms with Gasteiger partial charge in [-0.3, -0.25) is 0 Å². The molecule has 2 rings (SSSR count). The molecule has 0 bridgehead atoms. The third-order valence-corrected chi connectivity index (χ3v) is 4.58. The van der Waals surface area contributed by atoms with Crippen molar-refractivity contribution in [2.24, 2.45) is 5.41 Å². The molecule has 0 spiro atoms. The van der Waals surface area contributed by atoms with Crippen molar-refractivity contribution >= 4 is 12.6 Å². The SMILES string of the molecule is CCC(c1cccc(COCc2ccc(S)cc2)c1)C(C)(C)C. The Bertz CT molecular complexity index is 610. The predicted molar refractivity (Wildman–Crippen MR) is 101 cm³/mol. The summed E-state index contributed by atoms with van der Waals surface area (Å²) in [6.07, 6.45) is 1.16. The molecule has 0 aliphatic carbocycles. The molecule has 23 heavy (non-hydrogen) atoms. The minimum absolute atomic E-state index is 0.281. The average molecular weight is 329 g/mol. The van der Waals surface area contributed by atoms with Crippen LogP contribution in [0.3, 0.4) is 0 Å². The molecule has 1 nitrogen and oxygen atoms in total.